The van der Waals surface area contributed by atoms with Crippen LogP contribution in [0.5, 0.6) is 0 Å². The van der Waals surface area contributed by atoms with Gasteiger partial charge in [0.25, 0.3) is 0 Å². The summed E-state index contributed by atoms with van der Waals surface area (Å²) in [5, 5.41) is 8.59. The molecule has 0 bridgehead atoms. The van der Waals surface area contributed by atoms with Gasteiger partial charge in [-0.05, 0) is 6.07 Å². The van der Waals surface area contributed by atoms with Gasteiger partial charge in [-0.2, -0.15) is 5.26 Å². The van der Waals surface area contributed by atoms with Gasteiger partial charge in [0, 0.05) is 18.6 Å². The molecule has 0 aromatic carbocycles. The predicted molar refractivity (Wildman–Crippen MR) is 43.9 cm³/mol. The average Bonchev–Trinajstić information content (AvgIpc) is 2.71. The van der Waals surface area contributed by atoms with E-state index in [2.05, 4.69) is 15.0 Å². The maximum absolute atomic E-state index is 8.59. The van der Waals surface area contributed by atoms with Crippen molar-refractivity contribution in [2.24, 2.45) is 0 Å². The lowest BCUT2D eigenvalue weighted by atomic mass is 10.4. The molecule has 2 aromatic rings. The van der Waals surface area contributed by atoms with E-state index in [4.69, 9.17) is 5.26 Å². The van der Waals surface area contributed by atoms with E-state index in [1.165, 1.54) is 0 Å². The van der Waals surface area contributed by atoms with Crippen LogP contribution in [0.2, 0.25) is 0 Å². The normalized spacial score (nSPS) is 9.46. The van der Waals surface area contributed by atoms with Gasteiger partial charge in [0.05, 0.1) is 0 Å². The zero-order valence-corrected chi connectivity index (χ0v) is 6.62. The molecule has 62 valence electrons. The smallest absolute Gasteiger partial charge is 0.236 e. The Bertz CT molecular complexity index is 440. The quantitative estimate of drug-likeness (QED) is 0.627. The number of nitriles is 1. The minimum absolute atomic E-state index is 0.346. The molecule has 0 radical (unpaired) electrons. The van der Waals surface area contributed by atoms with Crippen molar-refractivity contribution in [2.45, 2.75) is 0 Å². The first-order valence-electron chi connectivity index (χ1n) is 3.61. The second kappa shape index (κ2) is 3.03. The Balaban J connectivity index is 2.49. The van der Waals surface area contributed by atoms with Crippen molar-refractivity contribution in [1.82, 2.24) is 19.5 Å². The van der Waals surface area contributed by atoms with Gasteiger partial charge in [0.2, 0.25) is 5.95 Å². The molecule has 0 atom stereocenters. The number of rotatable bonds is 1. The molecule has 13 heavy (non-hydrogen) atoms. The van der Waals surface area contributed by atoms with Crippen LogP contribution in [0.3, 0.4) is 0 Å². The third-order valence-electron chi connectivity index (χ3n) is 1.49. The molecule has 0 spiro atoms. The molecule has 0 fully saturated rings. The zero-order chi connectivity index (χ0) is 9.10. The monoisotopic (exact) mass is 171 g/mol. The fraction of sp³-hybridized carbons (Fsp3) is 0. The van der Waals surface area contributed by atoms with E-state index in [1.54, 1.807) is 35.6 Å². The second-order valence-corrected chi connectivity index (χ2v) is 2.32. The summed E-state index contributed by atoms with van der Waals surface area (Å²) in [4.78, 5) is 11.8. The average molecular weight is 171 g/mol. The lowest BCUT2D eigenvalue weighted by molar-refractivity contribution is 0.919. The minimum atomic E-state index is 0.346. The largest absolute Gasteiger partial charge is 0.274 e. The summed E-state index contributed by atoms with van der Waals surface area (Å²) in [6.07, 6.45) is 6.47. The van der Waals surface area contributed by atoms with Crippen molar-refractivity contribution in [3.63, 3.8) is 0 Å². The molecule has 0 aliphatic heterocycles. The van der Waals surface area contributed by atoms with Gasteiger partial charge in [-0.3, -0.25) is 4.57 Å². The Morgan fingerprint density at radius 2 is 2.31 bits per heavy atom. The topological polar surface area (TPSA) is 67.4 Å². The molecule has 2 heterocycles. The summed E-state index contributed by atoms with van der Waals surface area (Å²) in [6, 6.07) is 3.50. The summed E-state index contributed by atoms with van der Waals surface area (Å²) < 4.78 is 1.64. The van der Waals surface area contributed by atoms with E-state index < -0.39 is 0 Å². The number of hydrogen-bond acceptors (Lipinski definition) is 4. The molecule has 2 aromatic heterocycles. The molecular formula is C8H5N5. The van der Waals surface area contributed by atoms with Crippen molar-refractivity contribution in [3.05, 3.63) is 36.7 Å². The van der Waals surface area contributed by atoms with Crippen LogP contribution in [0.4, 0.5) is 0 Å². The van der Waals surface area contributed by atoms with E-state index in [9.17, 15) is 0 Å². The van der Waals surface area contributed by atoms with E-state index in [0.29, 0.717) is 11.6 Å². The van der Waals surface area contributed by atoms with Gasteiger partial charge < -0.3 is 0 Å². The van der Waals surface area contributed by atoms with Gasteiger partial charge in [-0.15, -0.1) is 0 Å². The highest BCUT2D eigenvalue weighted by Crippen LogP contribution is 1.99. The van der Waals surface area contributed by atoms with Crippen LogP contribution in [-0.4, -0.2) is 19.5 Å². The van der Waals surface area contributed by atoms with Crippen LogP contribution in [0.1, 0.15) is 5.69 Å². The first kappa shape index (κ1) is 7.43. The number of imidazole rings is 1. The Hall–Kier alpha value is -2.22. The summed E-state index contributed by atoms with van der Waals surface area (Å²) in [6.45, 7) is 0. The summed E-state index contributed by atoms with van der Waals surface area (Å²) in [5.41, 5.74) is 0.346. The number of aromatic nitrogens is 4. The Kier molecular flexibility index (Phi) is 1.73. The highest BCUT2D eigenvalue weighted by Gasteiger charge is 1.99. The highest BCUT2D eigenvalue weighted by molar-refractivity contribution is 5.22. The van der Waals surface area contributed by atoms with Crippen LogP contribution in [0.25, 0.3) is 5.95 Å². The van der Waals surface area contributed by atoms with Crippen molar-refractivity contribution in [1.29, 1.82) is 5.26 Å². The van der Waals surface area contributed by atoms with Crippen LogP contribution in [-0.2, 0) is 0 Å². The Labute approximate surface area is 74.3 Å². The van der Waals surface area contributed by atoms with Crippen molar-refractivity contribution in [2.75, 3.05) is 0 Å². The standard InChI is InChI=1S/C8H5N5/c9-5-7-1-2-11-8(12-7)13-4-3-10-6-13/h1-4,6H. The third-order valence-corrected chi connectivity index (χ3v) is 1.49. The minimum Gasteiger partial charge on any atom is -0.274 e. The first-order chi connectivity index (χ1) is 6.40. The number of nitrogens with zero attached hydrogens (tertiary/aromatic N) is 5. The molecule has 0 saturated carbocycles. The third kappa shape index (κ3) is 1.37. The molecule has 5 heteroatoms. The van der Waals surface area contributed by atoms with Crippen molar-refractivity contribution < 1.29 is 0 Å². The molecule has 0 N–H and O–H groups in total. The van der Waals surface area contributed by atoms with E-state index >= 15 is 0 Å². The van der Waals surface area contributed by atoms with Crippen LogP contribution in [0.15, 0.2) is 31.0 Å². The molecule has 0 saturated heterocycles. The van der Waals surface area contributed by atoms with Crippen molar-refractivity contribution in [3.8, 4) is 12.0 Å². The maximum atomic E-state index is 8.59. The second-order valence-electron chi connectivity index (χ2n) is 2.32. The molecule has 0 unspecified atom stereocenters. The molecular weight excluding hydrogens is 166 g/mol. The van der Waals surface area contributed by atoms with Crippen LogP contribution < -0.4 is 0 Å². The number of hydrogen-bond donors (Lipinski definition) is 0. The maximum Gasteiger partial charge on any atom is 0.236 e. The first-order valence-corrected chi connectivity index (χ1v) is 3.61. The van der Waals surface area contributed by atoms with Gasteiger partial charge in [0.15, 0.2) is 0 Å². The van der Waals surface area contributed by atoms with Crippen LogP contribution in [0, 0.1) is 11.3 Å². The molecule has 0 amide bonds. The summed E-state index contributed by atoms with van der Waals surface area (Å²) in [5.74, 6) is 0.455. The summed E-state index contributed by atoms with van der Waals surface area (Å²) >= 11 is 0. The fourth-order valence-corrected chi connectivity index (χ4v) is 0.912. The molecule has 0 aliphatic rings. The Morgan fingerprint density at radius 3 is 3.00 bits per heavy atom. The van der Waals surface area contributed by atoms with Crippen molar-refractivity contribution >= 4 is 0 Å². The molecule has 0 aliphatic carbocycles. The lowest BCUT2D eigenvalue weighted by Crippen LogP contribution is -1.99. The van der Waals surface area contributed by atoms with Gasteiger partial charge in [0.1, 0.15) is 18.1 Å². The zero-order valence-electron chi connectivity index (χ0n) is 6.62. The van der Waals surface area contributed by atoms with E-state index in [1.807, 2.05) is 6.07 Å². The highest BCUT2D eigenvalue weighted by atomic mass is 15.2. The Morgan fingerprint density at radius 1 is 1.38 bits per heavy atom. The molecule has 5 nitrogen and oxygen atoms in total. The molecule has 2 rings (SSSR count). The SMILES string of the molecule is N#Cc1ccnc(-n2ccnc2)n1. The predicted octanol–water partition coefficient (Wildman–Crippen LogP) is 0.534. The van der Waals surface area contributed by atoms with Crippen LogP contribution >= 0.6 is 0 Å². The fourth-order valence-electron chi connectivity index (χ4n) is 0.912. The summed E-state index contributed by atoms with van der Waals surface area (Å²) in [7, 11) is 0. The van der Waals surface area contributed by atoms with E-state index in [0.717, 1.165) is 0 Å². The van der Waals surface area contributed by atoms with E-state index in [-0.39, 0.29) is 0 Å². The van der Waals surface area contributed by atoms with Gasteiger partial charge in [-0.25, -0.2) is 15.0 Å². The lowest BCUT2D eigenvalue weighted by Gasteiger charge is -1.97. The van der Waals surface area contributed by atoms with Gasteiger partial charge >= 0.3 is 0 Å². The van der Waals surface area contributed by atoms with Gasteiger partial charge in [-0.1, -0.05) is 0 Å².